The van der Waals surface area contributed by atoms with Crippen molar-refractivity contribution >= 4 is 5.97 Å². The van der Waals surface area contributed by atoms with Crippen LogP contribution in [0, 0.1) is 12.7 Å². The van der Waals surface area contributed by atoms with Crippen LogP contribution < -0.4 is 0 Å². The zero-order valence-corrected chi connectivity index (χ0v) is 13.5. The lowest BCUT2D eigenvalue weighted by Crippen LogP contribution is -2.07. The van der Waals surface area contributed by atoms with E-state index in [1.807, 2.05) is 49.4 Å². The number of esters is 1. The first-order valence-corrected chi connectivity index (χ1v) is 7.64. The second-order valence-electron chi connectivity index (χ2n) is 5.58. The number of hydrogen-bond donors (Lipinski definition) is 0. The molecule has 0 aliphatic carbocycles. The van der Waals surface area contributed by atoms with Crippen LogP contribution >= 0.6 is 0 Å². The molecule has 0 N–H and O–H groups in total. The summed E-state index contributed by atoms with van der Waals surface area (Å²) < 4.78 is 18.2. The van der Waals surface area contributed by atoms with Crippen LogP contribution in [0.15, 0.2) is 66.7 Å². The smallest absolute Gasteiger partial charge is 0.338 e. The molecule has 0 heterocycles. The molecule has 0 bridgehead atoms. The van der Waals surface area contributed by atoms with Crippen LogP contribution in [-0.2, 0) is 4.74 Å². The Hall–Kier alpha value is -2.94. The number of aryl methyl sites for hydroxylation is 1. The van der Waals surface area contributed by atoms with Crippen LogP contribution in [0.3, 0.4) is 0 Å². The highest BCUT2D eigenvalue weighted by Gasteiger charge is 2.18. The summed E-state index contributed by atoms with van der Waals surface area (Å²) in [4.78, 5) is 12.2. The molecule has 3 heteroatoms. The minimum atomic E-state index is -0.397. The fraction of sp³-hybridized carbons (Fsp3) is 0.0952. The van der Waals surface area contributed by atoms with E-state index in [1.54, 1.807) is 12.1 Å². The number of benzene rings is 3. The number of hydrogen-bond acceptors (Lipinski definition) is 2. The van der Waals surface area contributed by atoms with Gasteiger partial charge in [-0.3, -0.25) is 0 Å². The molecule has 120 valence electrons. The van der Waals surface area contributed by atoms with Crippen molar-refractivity contribution in [2.75, 3.05) is 7.11 Å². The summed E-state index contributed by atoms with van der Waals surface area (Å²) in [5, 5.41) is 0. The summed E-state index contributed by atoms with van der Waals surface area (Å²) in [6.07, 6.45) is 0. The van der Waals surface area contributed by atoms with E-state index in [4.69, 9.17) is 4.74 Å². The number of carbonyl (C=O) groups is 1. The van der Waals surface area contributed by atoms with Crippen molar-refractivity contribution in [1.82, 2.24) is 0 Å². The van der Waals surface area contributed by atoms with Crippen molar-refractivity contribution in [2.45, 2.75) is 6.92 Å². The van der Waals surface area contributed by atoms with E-state index in [1.165, 1.54) is 19.2 Å². The Morgan fingerprint density at radius 2 is 1.54 bits per heavy atom. The van der Waals surface area contributed by atoms with Crippen LogP contribution in [0.1, 0.15) is 15.9 Å². The van der Waals surface area contributed by atoms with Crippen molar-refractivity contribution in [2.24, 2.45) is 0 Å². The second-order valence-corrected chi connectivity index (χ2v) is 5.58. The van der Waals surface area contributed by atoms with Crippen LogP contribution in [0.5, 0.6) is 0 Å². The Morgan fingerprint density at radius 1 is 0.875 bits per heavy atom. The molecule has 0 amide bonds. The van der Waals surface area contributed by atoms with Gasteiger partial charge in [0, 0.05) is 0 Å². The highest BCUT2D eigenvalue weighted by atomic mass is 19.1. The molecule has 0 saturated heterocycles. The molecule has 0 unspecified atom stereocenters. The number of halogens is 1. The molecule has 3 rings (SSSR count). The molecule has 24 heavy (non-hydrogen) atoms. The third-order valence-electron chi connectivity index (χ3n) is 3.99. The molecule has 0 spiro atoms. The highest BCUT2D eigenvalue weighted by Crippen LogP contribution is 2.32. The summed E-state index contributed by atoms with van der Waals surface area (Å²) >= 11 is 0. The summed E-state index contributed by atoms with van der Waals surface area (Å²) in [5.41, 5.74) is 4.89. The van der Waals surface area contributed by atoms with Crippen LogP contribution in [-0.4, -0.2) is 13.1 Å². The van der Waals surface area contributed by atoms with Gasteiger partial charge in [0.05, 0.1) is 12.7 Å². The monoisotopic (exact) mass is 320 g/mol. The maximum Gasteiger partial charge on any atom is 0.338 e. The maximum atomic E-state index is 13.3. The zero-order valence-electron chi connectivity index (χ0n) is 13.5. The number of carbonyl (C=O) groups excluding carboxylic acids is 1. The highest BCUT2D eigenvalue weighted by molar-refractivity contribution is 6.00. The lowest BCUT2D eigenvalue weighted by atomic mass is 9.91. The molecule has 3 aromatic rings. The Bertz CT molecular complexity index is 868. The van der Waals surface area contributed by atoms with E-state index in [9.17, 15) is 9.18 Å². The van der Waals surface area contributed by atoms with Crippen LogP contribution in [0.25, 0.3) is 22.3 Å². The third kappa shape index (κ3) is 3.06. The molecule has 3 aromatic carbocycles. The van der Waals surface area contributed by atoms with E-state index in [2.05, 4.69) is 0 Å². The predicted octanol–water partition coefficient (Wildman–Crippen LogP) is 5.25. The summed E-state index contributed by atoms with van der Waals surface area (Å²) in [6, 6.07) is 20.0. The topological polar surface area (TPSA) is 26.3 Å². The quantitative estimate of drug-likeness (QED) is 0.616. The largest absolute Gasteiger partial charge is 0.465 e. The van der Waals surface area contributed by atoms with Gasteiger partial charge < -0.3 is 4.74 Å². The third-order valence-corrected chi connectivity index (χ3v) is 3.99. The Morgan fingerprint density at radius 3 is 2.17 bits per heavy atom. The van der Waals surface area contributed by atoms with Crippen LogP contribution in [0.2, 0.25) is 0 Å². The minimum absolute atomic E-state index is 0.311. The lowest BCUT2D eigenvalue weighted by molar-refractivity contribution is 0.0601. The first-order chi connectivity index (χ1) is 11.6. The van der Waals surface area contributed by atoms with Gasteiger partial charge in [-0.2, -0.15) is 0 Å². The van der Waals surface area contributed by atoms with Gasteiger partial charge in [0.2, 0.25) is 0 Å². The second kappa shape index (κ2) is 6.67. The van der Waals surface area contributed by atoms with E-state index in [0.717, 1.165) is 27.8 Å². The molecule has 0 radical (unpaired) electrons. The molecule has 0 aliphatic rings. The Kier molecular flexibility index (Phi) is 4.43. The number of methoxy groups -OCH3 is 1. The van der Waals surface area contributed by atoms with Gasteiger partial charge in [-0.1, -0.05) is 48.5 Å². The predicted molar refractivity (Wildman–Crippen MR) is 93.3 cm³/mol. The fourth-order valence-electron chi connectivity index (χ4n) is 2.81. The molecule has 0 fully saturated rings. The van der Waals surface area contributed by atoms with Crippen molar-refractivity contribution < 1.29 is 13.9 Å². The molecule has 0 aromatic heterocycles. The number of rotatable bonds is 3. The van der Waals surface area contributed by atoms with Crippen molar-refractivity contribution in [3.05, 3.63) is 83.7 Å². The molecule has 0 saturated carbocycles. The maximum absolute atomic E-state index is 13.3. The lowest BCUT2D eigenvalue weighted by Gasteiger charge is -2.14. The van der Waals surface area contributed by atoms with Crippen LogP contribution in [0.4, 0.5) is 4.39 Å². The summed E-state index contributed by atoms with van der Waals surface area (Å²) in [7, 11) is 1.36. The standard InChI is InChI=1S/C21H17FO2/c1-14-12-17(15-6-4-3-5-7-15)13-19(20(14)21(23)24-2)16-8-10-18(22)11-9-16/h3-13H,1-2H3. The minimum Gasteiger partial charge on any atom is -0.465 e. The van der Waals surface area contributed by atoms with E-state index >= 15 is 0 Å². The van der Waals surface area contributed by atoms with Gasteiger partial charge >= 0.3 is 5.97 Å². The first-order valence-electron chi connectivity index (χ1n) is 7.64. The average Bonchev–Trinajstić information content (AvgIpc) is 2.62. The van der Waals surface area contributed by atoms with Gasteiger partial charge in [-0.05, 0) is 52.9 Å². The van der Waals surface area contributed by atoms with Crippen molar-refractivity contribution in [3.63, 3.8) is 0 Å². The first kappa shape index (κ1) is 15.9. The molecule has 0 atom stereocenters. The van der Waals surface area contributed by atoms with Crippen molar-refractivity contribution in [3.8, 4) is 22.3 Å². The Labute approximate surface area is 140 Å². The van der Waals surface area contributed by atoms with Gasteiger partial charge in [0.15, 0.2) is 0 Å². The Balaban J connectivity index is 2.24. The fourth-order valence-corrected chi connectivity index (χ4v) is 2.81. The average molecular weight is 320 g/mol. The van der Waals surface area contributed by atoms with Gasteiger partial charge in [-0.25, -0.2) is 9.18 Å². The normalized spacial score (nSPS) is 10.5. The SMILES string of the molecule is COC(=O)c1c(C)cc(-c2ccccc2)cc1-c1ccc(F)cc1. The number of ether oxygens (including phenoxy) is 1. The van der Waals surface area contributed by atoms with Gasteiger partial charge in [0.25, 0.3) is 0 Å². The molecular weight excluding hydrogens is 303 g/mol. The van der Waals surface area contributed by atoms with E-state index in [-0.39, 0.29) is 5.82 Å². The van der Waals surface area contributed by atoms with Gasteiger partial charge in [0.1, 0.15) is 5.82 Å². The van der Waals surface area contributed by atoms with E-state index < -0.39 is 5.97 Å². The zero-order chi connectivity index (χ0) is 17.1. The molecule has 2 nitrogen and oxygen atoms in total. The molecular formula is C21H17FO2. The summed E-state index contributed by atoms with van der Waals surface area (Å²) in [5.74, 6) is -0.708. The van der Waals surface area contributed by atoms with Crippen molar-refractivity contribution in [1.29, 1.82) is 0 Å². The van der Waals surface area contributed by atoms with E-state index in [0.29, 0.717) is 5.56 Å². The molecule has 0 aliphatic heterocycles. The van der Waals surface area contributed by atoms with Gasteiger partial charge in [-0.15, -0.1) is 0 Å². The summed E-state index contributed by atoms with van der Waals surface area (Å²) in [6.45, 7) is 1.88.